The minimum Gasteiger partial charge on any atom is -0.469 e. The zero-order chi connectivity index (χ0) is 15.6. The molecule has 0 saturated heterocycles. The van der Waals surface area contributed by atoms with Crippen LogP contribution in [0.25, 0.3) is 0 Å². The molecule has 0 bridgehead atoms. The molecule has 1 heterocycles. The lowest BCUT2D eigenvalue weighted by Crippen LogP contribution is -2.26. The lowest BCUT2D eigenvalue weighted by molar-refractivity contribution is 0.482. The molecule has 1 unspecified atom stereocenters. The maximum Gasteiger partial charge on any atom is 0.105 e. The van der Waals surface area contributed by atoms with Crippen molar-refractivity contribution < 1.29 is 4.42 Å². The fourth-order valence-electron chi connectivity index (χ4n) is 2.77. The highest BCUT2D eigenvalue weighted by atomic mass is 16.3. The highest BCUT2D eigenvalue weighted by Gasteiger charge is 2.17. The molecule has 0 aliphatic heterocycles. The summed E-state index contributed by atoms with van der Waals surface area (Å²) in [6, 6.07) is 8.61. The summed E-state index contributed by atoms with van der Waals surface area (Å²) in [5.74, 6) is 0.962. The van der Waals surface area contributed by atoms with Crippen LogP contribution in [0.3, 0.4) is 0 Å². The van der Waals surface area contributed by atoms with E-state index in [1.165, 1.54) is 22.3 Å². The number of furan rings is 1. The molecule has 1 atom stereocenters. The van der Waals surface area contributed by atoms with Crippen molar-refractivity contribution in [3.05, 3.63) is 58.5 Å². The summed E-state index contributed by atoms with van der Waals surface area (Å²) in [6.45, 7) is 11.1. The van der Waals surface area contributed by atoms with Gasteiger partial charge in [0.15, 0.2) is 0 Å². The maximum absolute atomic E-state index is 6.30. The maximum atomic E-state index is 6.30. The molecule has 21 heavy (non-hydrogen) atoms. The second-order valence-electron chi connectivity index (χ2n) is 7.09. The molecule has 0 fully saturated rings. The van der Waals surface area contributed by atoms with Crippen LogP contribution in [0, 0.1) is 13.8 Å². The first-order chi connectivity index (χ1) is 9.77. The van der Waals surface area contributed by atoms with Crippen LogP contribution in [0.4, 0.5) is 0 Å². The van der Waals surface area contributed by atoms with Gasteiger partial charge in [0.2, 0.25) is 0 Å². The second kappa shape index (κ2) is 6.07. The van der Waals surface area contributed by atoms with Crippen LogP contribution in [0.5, 0.6) is 0 Å². The van der Waals surface area contributed by atoms with Crippen molar-refractivity contribution in [1.29, 1.82) is 0 Å². The molecule has 1 aromatic carbocycles. The van der Waals surface area contributed by atoms with Gasteiger partial charge < -0.3 is 10.2 Å². The molecule has 0 radical (unpaired) electrons. The van der Waals surface area contributed by atoms with Gasteiger partial charge in [-0.25, -0.2) is 0 Å². The fourth-order valence-corrected chi connectivity index (χ4v) is 2.77. The zero-order valence-electron chi connectivity index (χ0n) is 13.9. The molecule has 1 aromatic heterocycles. The SMILES string of the molecule is Cc1cc(C(C)(C)C)cc(C)c1CC(N)Cc1ccco1. The predicted molar refractivity (Wildman–Crippen MR) is 88.7 cm³/mol. The minimum absolute atomic E-state index is 0.0917. The predicted octanol–water partition coefficient (Wildman–Crippen LogP) is 4.31. The van der Waals surface area contributed by atoms with Crippen LogP contribution in [0.1, 0.15) is 48.8 Å². The van der Waals surface area contributed by atoms with Crippen LogP contribution in [0.2, 0.25) is 0 Å². The first-order valence-corrected chi connectivity index (χ1v) is 7.66. The number of rotatable bonds is 4. The molecule has 2 heteroatoms. The molecule has 0 aliphatic carbocycles. The van der Waals surface area contributed by atoms with Crippen molar-refractivity contribution in [3.8, 4) is 0 Å². The van der Waals surface area contributed by atoms with Gasteiger partial charge in [0.05, 0.1) is 6.26 Å². The smallest absolute Gasteiger partial charge is 0.105 e. The third kappa shape index (κ3) is 3.98. The van der Waals surface area contributed by atoms with Crippen LogP contribution < -0.4 is 5.73 Å². The van der Waals surface area contributed by atoms with Crippen molar-refractivity contribution in [2.75, 3.05) is 0 Å². The highest BCUT2D eigenvalue weighted by molar-refractivity contribution is 5.41. The van der Waals surface area contributed by atoms with E-state index in [-0.39, 0.29) is 11.5 Å². The molecule has 0 saturated carbocycles. The van der Waals surface area contributed by atoms with Gasteiger partial charge in [0, 0.05) is 12.5 Å². The molecule has 0 amide bonds. The van der Waals surface area contributed by atoms with Crippen LogP contribution >= 0.6 is 0 Å². The van der Waals surface area contributed by atoms with Gasteiger partial charge in [-0.2, -0.15) is 0 Å². The molecule has 2 rings (SSSR count). The Bertz CT molecular complexity index is 568. The quantitative estimate of drug-likeness (QED) is 0.909. The molecule has 2 aromatic rings. The number of hydrogen-bond acceptors (Lipinski definition) is 2. The van der Waals surface area contributed by atoms with Gasteiger partial charge in [0.25, 0.3) is 0 Å². The van der Waals surface area contributed by atoms with Gasteiger partial charge in [-0.1, -0.05) is 32.9 Å². The molecular formula is C19H27NO. The number of benzene rings is 1. The standard InChI is InChI=1S/C19H27NO/c1-13-9-15(19(3,4)5)10-14(2)18(13)12-16(20)11-17-7-6-8-21-17/h6-10,16H,11-12,20H2,1-5H3. The fraction of sp³-hybridized carbons (Fsp3) is 0.474. The van der Waals surface area contributed by atoms with E-state index in [9.17, 15) is 0 Å². The summed E-state index contributed by atoms with van der Waals surface area (Å²) in [6.07, 6.45) is 3.38. The first kappa shape index (κ1) is 15.8. The Morgan fingerprint density at radius 2 is 1.71 bits per heavy atom. The van der Waals surface area contributed by atoms with E-state index in [4.69, 9.17) is 10.2 Å². The largest absolute Gasteiger partial charge is 0.469 e. The summed E-state index contributed by atoms with van der Waals surface area (Å²) < 4.78 is 5.39. The normalized spacial score (nSPS) is 13.4. The van der Waals surface area contributed by atoms with Gasteiger partial charge in [-0.15, -0.1) is 0 Å². The van der Waals surface area contributed by atoms with Crippen molar-refractivity contribution >= 4 is 0 Å². The summed E-state index contributed by atoms with van der Waals surface area (Å²) in [4.78, 5) is 0. The summed E-state index contributed by atoms with van der Waals surface area (Å²) >= 11 is 0. The Balaban J connectivity index is 2.17. The number of hydrogen-bond donors (Lipinski definition) is 1. The third-order valence-electron chi connectivity index (χ3n) is 4.07. The van der Waals surface area contributed by atoms with E-state index in [1.54, 1.807) is 6.26 Å². The molecule has 0 aliphatic rings. The van der Waals surface area contributed by atoms with Gasteiger partial charge in [-0.3, -0.25) is 0 Å². The molecule has 0 spiro atoms. The third-order valence-corrected chi connectivity index (χ3v) is 4.07. The molecule has 2 N–H and O–H groups in total. The molecule has 2 nitrogen and oxygen atoms in total. The van der Waals surface area contributed by atoms with Crippen molar-refractivity contribution in [2.45, 2.75) is 58.9 Å². The first-order valence-electron chi connectivity index (χ1n) is 7.66. The van der Waals surface area contributed by atoms with Crippen molar-refractivity contribution in [1.82, 2.24) is 0 Å². The van der Waals surface area contributed by atoms with E-state index in [1.807, 2.05) is 12.1 Å². The Morgan fingerprint density at radius 1 is 1.10 bits per heavy atom. The van der Waals surface area contributed by atoms with E-state index in [2.05, 4.69) is 46.8 Å². The Kier molecular flexibility index (Phi) is 4.58. The van der Waals surface area contributed by atoms with Crippen molar-refractivity contribution in [2.24, 2.45) is 5.73 Å². The number of aryl methyl sites for hydroxylation is 2. The van der Waals surface area contributed by atoms with E-state index in [0.717, 1.165) is 18.6 Å². The van der Waals surface area contributed by atoms with E-state index >= 15 is 0 Å². The minimum atomic E-state index is 0.0917. The summed E-state index contributed by atoms with van der Waals surface area (Å²) in [5, 5.41) is 0. The summed E-state index contributed by atoms with van der Waals surface area (Å²) in [5.41, 5.74) is 11.9. The van der Waals surface area contributed by atoms with E-state index in [0.29, 0.717) is 0 Å². The van der Waals surface area contributed by atoms with Crippen LogP contribution in [0.15, 0.2) is 34.9 Å². The van der Waals surface area contributed by atoms with Gasteiger partial charge in [-0.05, 0) is 60.1 Å². The van der Waals surface area contributed by atoms with Gasteiger partial charge in [0.1, 0.15) is 5.76 Å². The lowest BCUT2D eigenvalue weighted by Gasteiger charge is -2.23. The lowest BCUT2D eigenvalue weighted by atomic mass is 9.83. The Morgan fingerprint density at radius 3 is 2.19 bits per heavy atom. The van der Waals surface area contributed by atoms with Crippen LogP contribution in [-0.4, -0.2) is 6.04 Å². The highest BCUT2D eigenvalue weighted by Crippen LogP contribution is 2.27. The van der Waals surface area contributed by atoms with Crippen LogP contribution in [-0.2, 0) is 18.3 Å². The topological polar surface area (TPSA) is 39.2 Å². The molecule has 114 valence electrons. The monoisotopic (exact) mass is 285 g/mol. The van der Waals surface area contributed by atoms with Gasteiger partial charge >= 0.3 is 0 Å². The average molecular weight is 285 g/mol. The zero-order valence-corrected chi connectivity index (χ0v) is 13.9. The summed E-state index contributed by atoms with van der Waals surface area (Å²) in [7, 11) is 0. The average Bonchev–Trinajstić information content (AvgIpc) is 2.85. The van der Waals surface area contributed by atoms with E-state index < -0.39 is 0 Å². The second-order valence-corrected chi connectivity index (χ2v) is 7.09. The Labute approximate surface area is 128 Å². The molecular weight excluding hydrogens is 258 g/mol. The van der Waals surface area contributed by atoms with Crippen molar-refractivity contribution in [3.63, 3.8) is 0 Å². The number of nitrogens with two attached hydrogens (primary N) is 1. The Hall–Kier alpha value is -1.54.